The number of aryl methyl sites for hydroxylation is 1. The molecule has 1 heterocycles. The minimum absolute atomic E-state index is 0.116. The van der Waals surface area contributed by atoms with E-state index < -0.39 is 5.82 Å². The van der Waals surface area contributed by atoms with E-state index in [1.165, 1.54) is 23.5 Å². The fraction of sp³-hybridized carbons (Fsp3) is 0.0833. The fourth-order valence-corrected chi connectivity index (χ4v) is 3.18. The van der Waals surface area contributed by atoms with Gasteiger partial charge >= 0.3 is 0 Å². The van der Waals surface area contributed by atoms with E-state index in [2.05, 4.69) is 15.9 Å². The number of carbonyl (C=O) groups excluding carboxylic acids is 1. The Labute approximate surface area is 105 Å². The van der Waals surface area contributed by atoms with E-state index in [9.17, 15) is 9.18 Å². The topological polar surface area (TPSA) is 17.1 Å². The van der Waals surface area contributed by atoms with E-state index >= 15 is 0 Å². The maximum Gasteiger partial charge on any atom is 0.207 e. The van der Waals surface area contributed by atoms with Crippen LogP contribution in [0.5, 0.6) is 0 Å². The van der Waals surface area contributed by atoms with Gasteiger partial charge in [0.15, 0.2) is 0 Å². The van der Waals surface area contributed by atoms with Crippen molar-refractivity contribution in [2.24, 2.45) is 0 Å². The molecule has 1 aromatic heterocycles. The van der Waals surface area contributed by atoms with Crippen molar-refractivity contribution in [3.05, 3.63) is 55.9 Å². The molecule has 0 N–H and O–H groups in total. The molecule has 0 aliphatic heterocycles. The number of thiophene rings is 1. The maximum absolute atomic E-state index is 13.4. The van der Waals surface area contributed by atoms with E-state index in [4.69, 9.17) is 0 Å². The van der Waals surface area contributed by atoms with Crippen LogP contribution in [-0.2, 0) is 0 Å². The summed E-state index contributed by atoms with van der Waals surface area (Å²) in [6.45, 7) is 1.91. The van der Waals surface area contributed by atoms with Crippen LogP contribution in [0.2, 0.25) is 0 Å². The normalized spacial score (nSPS) is 10.4. The zero-order chi connectivity index (χ0) is 11.7. The van der Waals surface area contributed by atoms with Crippen molar-refractivity contribution >= 4 is 33.0 Å². The average Bonchev–Trinajstić information content (AvgIpc) is 2.58. The third kappa shape index (κ3) is 2.08. The molecular weight excluding hydrogens is 291 g/mol. The number of hydrogen-bond donors (Lipinski definition) is 0. The Morgan fingerprint density at radius 3 is 2.62 bits per heavy atom. The van der Waals surface area contributed by atoms with Gasteiger partial charge in [0.1, 0.15) is 5.82 Å². The molecule has 2 aromatic rings. The quantitative estimate of drug-likeness (QED) is 0.760. The summed E-state index contributed by atoms with van der Waals surface area (Å²) < 4.78 is 14.2. The molecule has 1 nitrogen and oxygen atoms in total. The molecule has 0 unspecified atom stereocenters. The molecule has 0 saturated carbocycles. The first kappa shape index (κ1) is 11.5. The predicted molar refractivity (Wildman–Crippen MR) is 66.6 cm³/mol. The van der Waals surface area contributed by atoms with Crippen LogP contribution in [0.4, 0.5) is 4.39 Å². The molecule has 82 valence electrons. The Morgan fingerprint density at radius 2 is 2.06 bits per heavy atom. The smallest absolute Gasteiger partial charge is 0.207 e. The average molecular weight is 299 g/mol. The predicted octanol–water partition coefficient (Wildman–Crippen LogP) is 4.19. The number of hydrogen-bond acceptors (Lipinski definition) is 2. The van der Waals surface area contributed by atoms with E-state index in [-0.39, 0.29) is 11.3 Å². The van der Waals surface area contributed by atoms with Gasteiger partial charge in [-0.2, -0.15) is 0 Å². The summed E-state index contributed by atoms with van der Waals surface area (Å²) in [5, 5.41) is 0. The number of halogens is 2. The second-order valence-corrected chi connectivity index (χ2v) is 5.45. The summed E-state index contributed by atoms with van der Waals surface area (Å²) in [6, 6.07) is 7.88. The minimum Gasteiger partial charge on any atom is -0.288 e. The first-order chi connectivity index (χ1) is 7.59. The van der Waals surface area contributed by atoms with Crippen LogP contribution < -0.4 is 0 Å². The molecule has 4 heteroatoms. The van der Waals surface area contributed by atoms with Gasteiger partial charge in [-0.15, -0.1) is 11.3 Å². The van der Waals surface area contributed by atoms with Crippen molar-refractivity contribution in [2.75, 3.05) is 0 Å². The fourth-order valence-electron chi connectivity index (χ4n) is 1.41. The zero-order valence-corrected chi connectivity index (χ0v) is 10.9. The summed E-state index contributed by atoms with van der Waals surface area (Å²) in [5.74, 6) is -0.756. The SMILES string of the molecule is Cc1cc(Br)c(C(=O)c2ccccc2F)s1. The van der Waals surface area contributed by atoms with Crippen LogP contribution in [-0.4, -0.2) is 5.78 Å². The first-order valence-corrected chi connectivity index (χ1v) is 6.25. The van der Waals surface area contributed by atoms with Gasteiger partial charge in [-0.1, -0.05) is 12.1 Å². The van der Waals surface area contributed by atoms with Crippen molar-refractivity contribution in [3.63, 3.8) is 0 Å². The lowest BCUT2D eigenvalue weighted by Crippen LogP contribution is -2.02. The number of benzene rings is 1. The second kappa shape index (κ2) is 4.47. The summed E-state index contributed by atoms with van der Waals surface area (Å²) in [4.78, 5) is 13.6. The van der Waals surface area contributed by atoms with Crippen LogP contribution in [0.1, 0.15) is 20.1 Å². The van der Waals surface area contributed by atoms with Gasteiger partial charge in [0.25, 0.3) is 0 Å². The first-order valence-electron chi connectivity index (χ1n) is 4.65. The monoisotopic (exact) mass is 298 g/mol. The molecule has 0 radical (unpaired) electrons. The highest BCUT2D eigenvalue weighted by atomic mass is 79.9. The van der Waals surface area contributed by atoms with Crippen LogP contribution in [0.25, 0.3) is 0 Å². The third-order valence-electron chi connectivity index (χ3n) is 2.13. The summed E-state index contributed by atoms with van der Waals surface area (Å²) in [6.07, 6.45) is 0. The molecule has 0 amide bonds. The summed E-state index contributed by atoms with van der Waals surface area (Å²) in [5.41, 5.74) is 0.116. The molecule has 0 atom stereocenters. The number of ketones is 1. The Bertz CT molecular complexity index is 548. The van der Waals surface area contributed by atoms with Crippen LogP contribution >= 0.6 is 27.3 Å². The van der Waals surface area contributed by atoms with E-state index in [1.807, 2.05) is 13.0 Å². The van der Waals surface area contributed by atoms with Gasteiger partial charge in [0.2, 0.25) is 5.78 Å². The molecular formula is C12H8BrFOS. The second-order valence-electron chi connectivity index (χ2n) is 3.34. The third-order valence-corrected chi connectivity index (χ3v) is 4.07. The van der Waals surface area contributed by atoms with E-state index in [0.717, 1.165) is 9.35 Å². The standard InChI is InChI=1S/C12H8BrFOS/c1-7-6-9(13)12(16-7)11(15)8-4-2-3-5-10(8)14/h2-6H,1H3. The Balaban J connectivity index is 2.47. The highest BCUT2D eigenvalue weighted by Gasteiger charge is 2.18. The van der Waals surface area contributed by atoms with Gasteiger partial charge in [0.05, 0.1) is 10.4 Å². The highest BCUT2D eigenvalue weighted by Crippen LogP contribution is 2.29. The molecule has 0 bridgehead atoms. The van der Waals surface area contributed by atoms with Crippen LogP contribution in [0, 0.1) is 12.7 Å². The van der Waals surface area contributed by atoms with Gasteiger partial charge in [-0.05, 0) is 41.1 Å². The van der Waals surface area contributed by atoms with E-state index in [0.29, 0.717) is 4.88 Å². The van der Waals surface area contributed by atoms with Gasteiger partial charge < -0.3 is 0 Å². The molecule has 16 heavy (non-hydrogen) atoms. The lowest BCUT2D eigenvalue weighted by Gasteiger charge is -2.00. The van der Waals surface area contributed by atoms with Crippen molar-refractivity contribution in [2.45, 2.75) is 6.92 Å². The van der Waals surface area contributed by atoms with Crippen molar-refractivity contribution in [1.82, 2.24) is 0 Å². The molecule has 0 spiro atoms. The van der Waals surface area contributed by atoms with Crippen molar-refractivity contribution < 1.29 is 9.18 Å². The molecule has 1 aromatic carbocycles. The molecule has 0 saturated heterocycles. The van der Waals surface area contributed by atoms with Gasteiger partial charge in [-0.3, -0.25) is 4.79 Å². The largest absolute Gasteiger partial charge is 0.288 e. The Hall–Kier alpha value is -1.00. The Kier molecular flexibility index (Phi) is 3.21. The molecule has 0 aliphatic carbocycles. The highest BCUT2D eigenvalue weighted by molar-refractivity contribution is 9.10. The number of rotatable bonds is 2. The maximum atomic E-state index is 13.4. The molecule has 0 aliphatic rings. The molecule has 2 rings (SSSR count). The van der Waals surface area contributed by atoms with Crippen LogP contribution in [0.15, 0.2) is 34.8 Å². The summed E-state index contributed by atoms with van der Waals surface area (Å²) >= 11 is 4.67. The van der Waals surface area contributed by atoms with Crippen molar-refractivity contribution in [1.29, 1.82) is 0 Å². The lowest BCUT2D eigenvalue weighted by molar-refractivity contribution is 0.103. The zero-order valence-electron chi connectivity index (χ0n) is 8.46. The molecule has 0 fully saturated rings. The van der Waals surface area contributed by atoms with Gasteiger partial charge in [0, 0.05) is 9.35 Å². The van der Waals surface area contributed by atoms with E-state index in [1.54, 1.807) is 12.1 Å². The van der Waals surface area contributed by atoms with Crippen LogP contribution in [0.3, 0.4) is 0 Å². The van der Waals surface area contributed by atoms with Gasteiger partial charge in [-0.25, -0.2) is 4.39 Å². The van der Waals surface area contributed by atoms with Crippen molar-refractivity contribution in [3.8, 4) is 0 Å². The Morgan fingerprint density at radius 1 is 1.38 bits per heavy atom. The minimum atomic E-state index is -0.481. The summed E-state index contributed by atoms with van der Waals surface area (Å²) in [7, 11) is 0. The number of carbonyl (C=O) groups is 1. The lowest BCUT2D eigenvalue weighted by atomic mass is 10.1.